The van der Waals surface area contributed by atoms with E-state index in [9.17, 15) is 19.5 Å². The molecule has 1 saturated heterocycles. The third kappa shape index (κ3) is 2.57. The van der Waals surface area contributed by atoms with E-state index in [1.807, 2.05) is 0 Å². The zero-order chi connectivity index (χ0) is 15.2. The van der Waals surface area contributed by atoms with Gasteiger partial charge in [-0.2, -0.15) is 0 Å². The van der Waals surface area contributed by atoms with Crippen molar-refractivity contribution in [1.82, 2.24) is 4.90 Å². The Morgan fingerprint density at radius 2 is 1.74 bits per heavy atom. The summed E-state index contributed by atoms with van der Waals surface area (Å²) in [5.74, 6) is -1.71. The van der Waals surface area contributed by atoms with E-state index in [2.05, 4.69) is 0 Å². The molecule has 1 aliphatic heterocycles. The number of carbonyl (C=O) groups is 3. The van der Waals surface area contributed by atoms with Gasteiger partial charge < -0.3 is 9.84 Å². The first-order chi connectivity index (χ1) is 8.32. The average Bonchev–Trinajstić information content (AvgIpc) is 2.38. The molecule has 1 heterocycles. The van der Waals surface area contributed by atoms with Crippen LogP contribution >= 0.6 is 0 Å². The maximum Gasteiger partial charge on any atom is 0.411 e. The summed E-state index contributed by atoms with van der Waals surface area (Å²) in [6, 6.07) is 0. The number of hydrogen-bond donors (Lipinski definition) is 1. The van der Waals surface area contributed by atoms with Crippen molar-refractivity contribution in [3.8, 4) is 0 Å². The second-order valence-corrected chi connectivity index (χ2v) is 6.59. The monoisotopic (exact) mass is 271 g/mol. The number of amides is 1. The lowest BCUT2D eigenvalue weighted by molar-refractivity contribution is -0.152. The number of hydrogen-bond acceptors (Lipinski definition) is 4. The van der Waals surface area contributed by atoms with Gasteiger partial charge in [0.15, 0.2) is 5.78 Å². The second kappa shape index (κ2) is 4.21. The van der Waals surface area contributed by atoms with E-state index < -0.39 is 34.4 Å². The molecule has 0 radical (unpaired) electrons. The van der Waals surface area contributed by atoms with Crippen molar-refractivity contribution < 1.29 is 24.2 Å². The molecule has 1 aliphatic rings. The highest BCUT2D eigenvalue weighted by molar-refractivity contribution is 6.10. The summed E-state index contributed by atoms with van der Waals surface area (Å²) in [7, 11) is 0. The van der Waals surface area contributed by atoms with Crippen LogP contribution in [0.4, 0.5) is 4.79 Å². The lowest BCUT2D eigenvalue weighted by atomic mass is 9.82. The molecule has 0 aromatic heterocycles. The van der Waals surface area contributed by atoms with Crippen LogP contribution in [0, 0.1) is 5.41 Å². The Kier molecular flexibility index (Phi) is 3.43. The highest BCUT2D eigenvalue weighted by Crippen LogP contribution is 2.38. The minimum absolute atomic E-state index is 0.178. The van der Waals surface area contributed by atoms with Gasteiger partial charge in [0, 0.05) is 6.54 Å². The summed E-state index contributed by atoms with van der Waals surface area (Å²) in [6.07, 6.45) is -0.671. The van der Waals surface area contributed by atoms with Crippen LogP contribution < -0.4 is 0 Å². The van der Waals surface area contributed by atoms with Gasteiger partial charge in [0.05, 0.1) is 0 Å². The standard InChI is InChI=1S/C13H21NO5/c1-11(2,3)19-10(18)14-7-13(6,9(16)17)8(15)12(14,4)5/h7H2,1-6H3,(H,16,17). The quantitative estimate of drug-likeness (QED) is 0.733. The Morgan fingerprint density at radius 1 is 1.26 bits per heavy atom. The number of ether oxygens (including phenoxy) is 1. The molecule has 108 valence electrons. The van der Waals surface area contributed by atoms with Crippen LogP contribution in [-0.2, 0) is 14.3 Å². The summed E-state index contributed by atoms with van der Waals surface area (Å²) in [5.41, 5.74) is -3.46. The predicted molar refractivity (Wildman–Crippen MR) is 67.8 cm³/mol. The van der Waals surface area contributed by atoms with Crippen LogP contribution in [0.1, 0.15) is 41.5 Å². The Bertz CT molecular complexity index is 435. The first-order valence-electron chi connectivity index (χ1n) is 6.11. The number of likely N-dealkylation sites (tertiary alicyclic amines) is 1. The molecule has 0 saturated carbocycles. The Hall–Kier alpha value is -1.59. The molecule has 1 fully saturated rings. The number of Topliss-reactive ketones (excluding diaryl/α,β-unsaturated/α-hetero) is 1. The second-order valence-electron chi connectivity index (χ2n) is 6.59. The lowest BCUT2D eigenvalue weighted by Crippen LogP contribution is -2.48. The predicted octanol–water partition coefficient (Wildman–Crippen LogP) is 1.68. The van der Waals surface area contributed by atoms with Gasteiger partial charge in [-0.25, -0.2) is 4.79 Å². The zero-order valence-electron chi connectivity index (χ0n) is 12.2. The number of carboxylic acids is 1. The van der Waals surface area contributed by atoms with Crippen LogP contribution in [0.3, 0.4) is 0 Å². The van der Waals surface area contributed by atoms with Gasteiger partial charge in [-0.05, 0) is 41.5 Å². The number of carboxylic acid groups (broad SMARTS) is 1. The molecule has 1 rings (SSSR count). The molecule has 0 bridgehead atoms. The molecule has 0 aliphatic carbocycles. The minimum Gasteiger partial charge on any atom is -0.480 e. The molecule has 19 heavy (non-hydrogen) atoms. The molecule has 0 aromatic rings. The SMILES string of the molecule is CC(C)(C)OC(=O)N1CC(C)(C(=O)O)C(=O)C1(C)C. The van der Waals surface area contributed by atoms with Crippen LogP contribution in [0.5, 0.6) is 0 Å². The van der Waals surface area contributed by atoms with Gasteiger partial charge in [0.1, 0.15) is 16.6 Å². The topological polar surface area (TPSA) is 83.9 Å². The molecule has 0 spiro atoms. The molecule has 6 heteroatoms. The van der Waals surface area contributed by atoms with Crippen molar-refractivity contribution in [1.29, 1.82) is 0 Å². The number of rotatable bonds is 1. The molecule has 1 atom stereocenters. The van der Waals surface area contributed by atoms with E-state index in [4.69, 9.17) is 4.74 Å². The molecular weight excluding hydrogens is 250 g/mol. The van der Waals surface area contributed by atoms with Gasteiger partial charge in [-0.15, -0.1) is 0 Å². The number of carbonyl (C=O) groups excluding carboxylic acids is 2. The average molecular weight is 271 g/mol. The normalized spacial score (nSPS) is 26.4. The van der Waals surface area contributed by atoms with Crippen LogP contribution in [-0.4, -0.2) is 45.5 Å². The van der Waals surface area contributed by atoms with Crippen LogP contribution in [0.25, 0.3) is 0 Å². The van der Waals surface area contributed by atoms with Crippen molar-refractivity contribution in [2.75, 3.05) is 6.54 Å². The van der Waals surface area contributed by atoms with E-state index in [1.165, 1.54) is 25.7 Å². The molecule has 6 nitrogen and oxygen atoms in total. The van der Waals surface area contributed by atoms with E-state index in [-0.39, 0.29) is 6.54 Å². The smallest absolute Gasteiger partial charge is 0.411 e. The molecule has 0 aromatic carbocycles. The van der Waals surface area contributed by atoms with E-state index >= 15 is 0 Å². The number of ketones is 1. The third-order valence-corrected chi connectivity index (χ3v) is 3.29. The zero-order valence-corrected chi connectivity index (χ0v) is 12.2. The molecule has 1 N–H and O–H groups in total. The van der Waals surface area contributed by atoms with Crippen molar-refractivity contribution in [3.05, 3.63) is 0 Å². The summed E-state index contributed by atoms with van der Waals surface area (Å²) in [6.45, 7) is 9.37. The molecular formula is C13H21NO5. The maximum absolute atomic E-state index is 12.2. The fraction of sp³-hybridized carbons (Fsp3) is 0.769. The Balaban J connectivity index is 3.08. The van der Waals surface area contributed by atoms with E-state index in [1.54, 1.807) is 20.8 Å². The van der Waals surface area contributed by atoms with Gasteiger partial charge in [0.2, 0.25) is 0 Å². The van der Waals surface area contributed by atoms with Gasteiger partial charge >= 0.3 is 12.1 Å². The van der Waals surface area contributed by atoms with Crippen molar-refractivity contribution >= 4 is 17.8 Å². The summed E-state index contributed by atoms with van der Waals surface area (Å²) < 4.78 is 5.22. The third-order valence-electron chi connectivity index (χ3n) is 3.29. The van der Waals surface area contributed by atoms with Crippen LogP contribution in [0.15, 0.2) is 0 Å². The lowest BCUT2D eigenvalue weighted by Gasteiger charge is -2.31. The van der Waals surface area contributed by atoms with Gasteiger partial charge in [-0.1, -0.05) is 0 Å². The van der Waals surface area contributed by atoms with Crippen molar-refractivity contribution in [2.24, 2.45) is 5.41 Å². The van der Waals surface area contributed by atoms with Crippen molar-refractivity contribution in [2.45, 2.75) is 52.7 Å². The van der Waals surface area contributed by atoms with E-state index in [0.717, 1.165) is 0 Å². The summed E-state index contributed by atoms with van der Waals surface area (Å²) in [4.78, 5) is 36.8. The number of nitrogens with zero attached hydrogens (tertiary/aromatic N) is 1. The Morgan fingerprint density at radius 3 is 2.05 bits per heavy atom. The van der Waals surface area contributed by atoms with E-state index in [0.29, 0.717) is 0 Å². The van der Waals surface area contributed by atoms with Gasteiger partial charge in [-0.3, -0.25) is 14.5 Å². The molecule has 1 amide bonds. The number of aliphatic carboxylic acids is 1. The fourth-order valence-corrected chi connectivity index (χ4v) is 2.16. The maximum atomic E-state index is 12.2. The largest absolute Gasteiger partial charge is 0.480 e. The first-order valence-corrected chi connectivity index (χ1v) is 6.11. The fourth-order valence-electron chi connectivity index (χ4n) is 2.16. The summed E-state index contributed by atoms with van der Waals surface area (Å²) in [5, 5.41) is 9.21. The molecule has 1 unspecified atom stereocenters. The minimum atomic E-state index is -1.58. The summed E-state index contributed by atoms with van der Waals surface area (Å²) >= 11 is 0. The highest BCUT2D eigenvalue weighted by atomic mass is 16.6. The van der Waals surface area contributed by atoms with Crippen LogP contribution in [0.2, 0.25) is 0 Å². The van der Waals surface area contributed by atoms with Gasteiger partial charge in [0.25, 0.3) is 0 Å². The Labute approximate surface area is 112 Å². The first kappa shape index (κ1) is 15.5. The highest BCUT2D eigenvalue weighted by Gasteiger charge is 2.60. The van der Waals surface area contributed by atoms with Crippen molar-refractivity contribution in [3.63, 3.8) is 0 Å².